The second kappa shape index (κ2) is 4.79. The summed E-state index contributed by atoms with van der Waals surface area (Å²) in [6, 6.07) is 5.82. The van der Waals surface area contributed by atoms with E-state index >= 15 is 0 Å². The van der Waals surface area contributed by atoms with Gasteiger partial charge >= 0.3 is 6.18 Å². The van der Waals surface area contributed by atoms with Crippen molar-refractivity contribution in [1.29, 1.82) is 0 Å². The highest BCUT2D eigenvalue weighted by Gasteiger charge is 2.30. The largest absolute Gasteiger partial charge is 0.503 e. The number of pyridine rings is 1. The van der Waals surface area contributed by atoms with Gasteiger partial charge in [-0.3, -0.25) is 4.98 Å². The Kier molecular flexibility index (Phi) is 3.33. The van der Waals surface area contributed by atoms with Crippen LogP contribution in [0, 0.1) is 6.92 Å². The molecular formula is C13H10F3NO2. The van der Waals surface area contributed by atoms with Crippen LogP contribution >= 0.6 is 0 Å². The molecule has 0 spiro atoms. The van der Waals surface area contributed by atoms with E-state index in [1.807, 2.05) is 0 Å². The van der Waals surface area contributed by atoms with Gasteiger partial charge in [0, 0.05) is 12.3 Å². The SMILES string of the molecule is Cc1nccc(Oc2cccc(C(F)(F)F)c2)c1O. The number of hydrogen-bond donors (Lipinski definition) is 1. The van der Waals surface area contributed by atoms with E-state index < -0.39 is 11.7 Å². The highest BCUT2D eigenvalue weighted by molar-refractivity contribution is 5.44. The molecule has 1 N–H and O–H groups in total. The number of halogens is 3. The summed E-state index contributed by atoms with van der Waals surface area (Å²) in [5, 5.41) is 9.68. The number of benzene rings is 1. The molecule has 1 heterocycles. The lowest BCUT2D eigenvalue weighted by atomic mass is 10.2. The molecule has 0 bridgehead atoms. The molecule has 3 nitrogen and oxygen atoms in total. The van der Waals surface area contributed by atoms with Crippen molar-refractivity contribution in [3.05, 3.63) is 47.8 Å². The lowest BCUT2D eigenvalue weighted by Gasteiger charge is -2.11. The van der Waals surface area contributed by atoms with Crippen molar-refractivity contribution < 1.29 is 23.0 Å². The van der Waals surface area contributed by atoms with Crippen LogP contribution < -0.4 is 4.74 Å². The lowest BCUT2D eigenvalue weighted by Crippen LogP contribution is -2.04. The maximum absolute atomic E-state index is 12.5. The molecule has 0 aliphatic carbocycles. The molecule has 6 heteroatoms. The minimum Gasteiger partial charge on any atom is -0.503 e. The quantitative estimate of drug-likeness (QED) is 0.898. The fraction of sp³-hybridized carbons (Fsp3) is 0.154. The van der Waals surface area contributed by atoms with Crippen molar-refractivity contribution in [1.82, 2.24) is 4.98 Å². The van der Waals surface area contributed by atoms with Crippen LogP contribution in [0.3, 0.4) is 0 Å². The van der Waals surface area contributed by atoms with Crippen molar-refractivity contribution in [2.45, 2.75) is 13.1 Å². The maximum atomic E-state index is 12.5. The Morgan fingerprint density at radius 2 is 1.95 bits per heavy atom. The van der Waals surface area contributed by atoms with Crippen molar-refractivity contribution >= 4 is 0 Å². The van der Waals surface area contributed by atoms with Gasteiger partial charge in [-0.2, -0.15) is 13.2 Å². The Labute approximate surface area is 107 Å². The van der Waals surface area contributed by atoms with Crippen molar-refractivity contribution in [2.24, 2.45) is 0 Å². The second-order valence-electron chi connectivity index (χ2n) is 3.87. The highest BCUT2D eigenvalue weighted by Crippen LogP contribution is 2.35. The number of alkyl halides is 3. The van der Waals surface area contributed by atoms with E-state index in [9.17, 15) is 18.3 Å². The second-order valence-corrected chi connectivity index (χ2v) is 3.87. The Morgan fingerprint density at radius 3 is 2.63 bits per heavy atom. The lowest BCUT2D eigenvalue weighted by molar-refractivity contribution is -0.137. The van der Waals surface area contributed by atoms with Gasteiger partial charge in [0.1, 0.15) is 5.75 Å². The Bertz CT molecular complexity index is 597. The van der Waals surface area contributed by atoms with Gasteiger partial charge in [-0.1, -0.05) is 6.07 Å². The third-order valence-corrected chi connectivity index (χ3v) is 2.46. The van der Waals surface area contributed by atoms with Gasteiger partial charge in [-0.05, 0) is 25.1 Å². The van der Waals surface area contributed by atoms with Crippen LogP contribution in [0.2, 0.25) is 0 Å². The van der Waals surface area contributed by atoms with Gasteiger partial charge in [-0.25, -0.2) is 0 Å². The summed E-state index contributed by atoms with van der Waals surface area (Å²) in [5.41, 5.74) is -0.472. The molecule has 100 valence electrons. The van der Waals surface area contributed by atoms with Crippen LogP contribution in [-0.4, -0.2) is 10.1 Å². The smallest absolute Gasteiger partial charge is 0.416 e. The zero-order chi connectivity index (χ0) is 14.0. The van der Waals surface area contributed by atoms with E-state index in [0.29, 0.717) is 5.69 Å². The minimum atomic E-state index is -4.43. The third kappa shape index (κ3) is 2.96. The summed E-state index contributed by atoms with van der Waals surface area (Å²) in [5.74, 6) is -0.137. The van der Waals surface area contributed by atoms with E-state index in [4.69, 9.17) is 4.74 Å². The first kappa shape index (κ1) is 13.2. The standard InChI is InChI=1S/C13H10F3NO2/c1-8-12(18)11(5-6-17-8)19-10-4-2-3-9(7-10)13(14,15)16/h2-7,18H,1H3. The van der Waals surface area contributed by atoms with E-state index in [-0.39, 0.29) is 17.2 Å². The molecule has 0 atom stereocenters. The van der Waals surface area contributed by atoms with Gasteiger partial charge < -0.3 is 9.84 Å². The van der Waals surface area contributed by atoms with Gasteiger partial charge in [0.2, 0.25) is 0 Å². The fourth-order valence-electron chi connectivity index (χ4n) is 1.48. The molecule has 0 amide bonds. The number of ether oxygens (including phenoxy) is 1. The van der Waals surface area contributed by atoms with Gasteiger partial charge in [0.25, 0.3) is 0 Å². The summed E-state index contributed by atoms with van der Waals surface area (Å²) in [6.07, 6.45) is -3.03. The molecule has 1 aromatic heterocycles. The van der Waals surface area contributed by atoms with Crippen LogP contribution in [0.5, 0.6) is 17.2 Å². The zero-order valence-corrected chi connectivity index (χ0v) is 9.90. The molecule has 19 heavy (non-hydrogen) atoms. The minimum absolute atomic E-state index is 0.00396. The normalized spacial score (nSPS) is 11.4. The van der Waals surface area contributed by atoms with E-state index in [1.165, 1.54) is 24.4 Å². The summed E-state index contributed by atoms with van der Waals surface area (Å²) in [7, 11) is 0. The molecule has 2 aromatic rings. The summed E-state index contributed by atoms with van der Waals surface area (Å²) in [4.78, 5) is 3.83. The summed E-state index contributed by atoms with van der Waals surface area (Å²) in [6.45, 7) is 1.56. The van der Waals surface area contributed by atoms with Crippen molar-refractivity contribution in [3.63, 3.8) is 0 Å². The van der Waals surface area contributed by atoms with Crippen LogP contribution in [-0.2, 0) is 6.18 Å². The Balaban J connectivity index is 2.31. The van der Waals surface area contributed by atoms with Gasteiger partial charge in [0.15, 0.2) is 11.5 Å². The number of aromatic nitrogens is 1. The average molecular weight is 269 g/mol. The molecule has 2 rings (SSSR count). The maximum Gasteiger partial charge on any atom is 0.416 e. The number of rotatable bonds is 2. The number of hydrogen-bond acceptors (Lipinski definition) is 3. The van der Waals surface area contributed by atoms with Crippen molar-refractivity contribution in [2.75, 3.05) is 0 Å². The van der Waals surface area contributed by atoms with Gasteiger partial charge in [0.05, 0.1) is 11.3 Å². The van der Waals surface area contributed by atoms with Crippen LogP contribution in [0.25, 0.3) is 0 Å². The molecule has 1 aromatic carbocycles. The first-order chi connectivity index (χ1) is 8.88. The molecule has 0 saturated carbocycles. The molecular weight excluding hydrogens is 259 g/mol. The van der Waals surface area contributed by atoms with Gasteiger partial charge in [-0.15, -0.1) is 0 Å². The van der Waals surface area contributed by atoms with Crippen LogP contribution in [0.15, 0.2) is 36.5 Å². The summed E-state index contributed by atoms with van der Waals surface area (Å²) >= 11 is 0. The molecule has 0 aliphatic heterocycles. The Hall–Kier alpha value is -2.24. The van der Waals surface area contributed by atoms with E-state index in [0.717, 1.165) is 12.1 Å². The average Bonchev–Trinajstić information content (AvgIpc) is 2.34. The predicted molar refractivity (Wildman–Crippen MR) is 62.2 cm³/mol. The highest BCUT2D eigenvalue weighted by atomic mass is 19.4. The number of aryl methyl sites for hydroxylation is 1. The zero-order valence-electron chi connectivity index (χ0n) is 9.90. The monoisotopic (exact) mass is 269 g/mol. The van der Waals surface area contributed by atoms with Crippen molar-refractivity contribution in [3.8, 4) is 17.2 Å². The first-order valence-electron chi connectivity index (χ1n) is 5.37. The number of nitrogens with zero attached hydrogens (tertiary/aromatic N) is 1. The first-order valence-corrected chi connectivity index (χ1v) is 5.37. The molecule has 0 fully saturated rings. The molecule has 0 aliphatic rings. The molecule has 0 saturated heterocycles. The Morgan fingerprint density at radius 1 is 1.21 bits per heavy atom. The molecule has 0 unspecified atom stereocenters. The predicted octanol–water partition coefficient (Wildman–Crippen LogP) is 3.91. The summed E-state index contributed by atoms with van der Waals surface area (Å²) < 4.78 is 42.8. The molecule has 0 radical (unpaired) electrons. The van der Waals surface area contributed by atoms with Crippen LogP contribution in [0.1, 0.15) is 11.3 Å². The fourth-order valence-corrected chi connectivity index (χ4v) is 1.48. The van der Waals surface area contributed by atoms with E-state index in [1.54, 1.807) is 6.92 Å². The topological polar surface area (TPSA) is 42.4 Å². The van der Waals surface area contributed by atoms with Crippen LogP contribution in [0.4, 0.5) is 13.2 Å². The van der Waals surface area contributed by atoms with E-state index in [2.05, 4.69) is 4.98 Å². The number of aromatic hydroxyl groups is 1. The third-order valence-electron chi connectivity index (χ3n) is 2.46.